The molecule has 0 saturated carbocycles. The number of esters is 1. The monoisotopic (exact) mass is 169 g/mol. The molecule has 1 atom stereocenters. The van der Waals surface area contributed by atoms with E-state index in [9.17, 15) is 9.59 Å². The second-order valence-electron chi connectivity index (χ2n) is 2.56. The molecular weight excluding hydrogens is 158 g/mol. The predicted octanol–water partition coefficient (Wildman–Crippen LogP) is -0.00580. The van der Waals surface area contributed by atoms with Crippen LogP contribution < -0.4 is 5.32 Å². The van der Waals surface area contributed by atoms with E-state index in [2.05, 4.69) is 10.1 Å². The first kappa shape index (κ1) is 8.77. The van der Waals surface area contributed by atoms with Crippen LogP contribution in [0.15, 0.2) is 12.2 Å². The first-order chi connectivity index (χ1) is 5.74. The van der Waals surface area contributed by atoms with Crippen molar-refractivity contribution in [1.82, 2.24) is 5.32 Å². The van der Waals surface area contributed by atoms with Crippen LogP contribution in [0.1, 0.15) is 12.8 Å². The van der Waals surface area contributed by atoms with E-state index < -0.39 is 6.04 Å². The second-order valence-corrected chi connectivity index (χ2v) is 2.56. The van der Waals surface area contributed by atoms with Gasteiger partial charge in [0.1, 0.15) is 6.04 Å². The van der Waals surface area contributed by atoms with E-state index in [4.69, 9.17) is 0 Å². The van der Waals surface area contributed by atoms with E-state index in [0.717, 1.165) is 6.42 Å². The molecule has 1 N–H and O–H groups in total. The average molecular weight is 169 g/mol. The lowest BCUT2D eigenvalue weighted by molar-refractivity contribution is -0.144. The molecule has 66 valence electrons. The number of methoxy groups -OCH3 is 1. The van der Waals surface area contributed by atoms with Gasteiger partial charge >= 0.3 is 5.97 Å². The zero-order valence-corrected chi connectivity index (χ0v) is 6.87. The third-order valence-corrected chi connectivity index (χ3v) is 1.69. The fourth-order valence-corrected chi connectivity index (χ4v) is 1.06. The molecule has 4 nitrogen and oxygen atoms in total. The van der Waals surface area contributed by atoms with Crippen LogP contribution >= 0.6 is 0 Å². The van der Waals surface area contributed by atoms with Gasteiger partial charge in [0, 0.05) is 0 Å². The molecule has 1 amide bonds. The van der Waals surface area contributed by atoms with Crippen molar-refractivity contribution in [3.8, 4) is 0 Å². The van der Waals surface area contributed by atoms with Gasteiger partial charge in [0.25, 0.3) is 0 Å². The summed E-state index contributed by atoms with van der Waals surface area (Å²) in [4.78, 5) is 21.9. The van der Waals surface area contributed by atoms with E-state index in [1.807, 2.05) is 0 Å². The molecule has 0 aromatic carbocycles. The summed E-state index contributed by atoms with van der Waals surface area (Å²) in [5.74, 6) is -0.616. The molecule has 0 radical (unpaired) electrons. The van der Waals surface area contributed by atoms with Crippen molar-refractivity contribution in [2.24, 2.45) is 0 Å². The van der Waals surface area contributed by atoms with Crippen molar-refractivity contribution in [1.29, 1.82) is 0 Å². The Bertz CT molecular complexity index is 222. The smallest absolute Gasteiger partial charge is 0.328 e. The average Bonchev–Trinajstić information content (AvgIpc) is 2.28. The molecule has 0 aliphatic carbocycles. The molecule has 0 aromatic rings. The van der Waals surface area contributed by atoms with Crippen molar-refractivity contribution < 1.29 is 14.3 Å². The van der Waals surface area contributed by atoms with Gasteiger partial charge in [0.05, 0.1) is 7.11 Å². The molecule has 1 aliphatic heterocycles. The van der Waals surface area contributed by atoms with Crippen LogP contribution in [-0.4, -0.2) is 25.0 Å². The van der Waals surface area contributed by atoms with Gasteiger partial charge in [-0.2, -0.15) is 0 Å². The number of carbonyl (C=O) groups is 2. The summed E-state index contributed by atoms with van der Waals surface area (Å²) in [7, 11) is 1.31. The molecule has 1 unspecified atom stereocenters. The summed E-state index contributed by atoms with van der Waals surface area (Å²) < 4.78 is 4.51. The molecular formula is C8H11NO3. The lowest BCUT2D eigenvalue weighted by Gasteiger charge is -2.11. The van der Waals surface area contributed by atoms with Crippen molar-refractivity contribution in [3.63, 3.8) is 0 Å². The fraction of sp³-hybridized carbons (Fsp3) is 0.500. The highest BCUT2D eigenvalue weighted by Crippen LogP contribution is 2.04. The second kappa shape index (κ2) is 3.90. The predicted molar refractivity (Wildman–Crippen MR) is 42.3 cm³/mol. The van der Waals surface area contributed by atoms with Gasteiger partial charge in [-0.1, -0.05) is 6.08 Å². The van der Waals surface area contributed by atoms with E-state index in [1.165, 1.54) is 13.2 Å². The molecule has 0 fully saturated rings. The van der Waals surface area contributed by atoms with Crippen molar-refractivity contribution in [2.75, 3.05) is 7.11 Å². The fourth-order valence-electron chi connectivity index (χ4n) is 1.06. The van der Waals surface area contributed by atoms with Gasteiger partial charge in [0.15, 0.2) is 0 Å². The quantitative estimate of drug-likeness (QED) is 0.562. The Kier molecular flexibility index (Phi) is 2.85. The number of hydrogen-bond acceptors (Lipinski definition) is 3. The van der Waals surface area contributed by atoms with Crippen LogP contribution in [-0.2, 0) is 14.3 Å². The molecule has 0 saturated heterocycles. The number of allylic oxidation sites excluding steroid dienone is 1. The van der Waals surface area contributed by atoms with Gasteiger partial charge in [-0.25, -0.2) is 4.79 Å². The lowest BCUT2D eigenvalue weighted by Crippen LogP contribution is -2.39. The van der Waals surface area contributed by atoms with E-state index >= 15 is 0 Å². The molecule has 4 heteroatoms. The molecule has 1 heterocycles. The maximum Gasteiger partial charge on any atom is 0.328 e. The molecule has 1 rings (SSSR count). The molecule has 12 heavy (non-hydrogen) atoms. The lowest BCUT2D eigenvalue weighted by atomic mass is 10.2. The van der Waals surface area contributed by atoms with Gasteiger partial charge in [0.2, 0.25) is 5.91 Å². The zero-order valence-electron chi connectivity index (χ0n) is 6.87. The van der Waals surface area contributed by atoms with Crippen molar-refractivity contribution in [3.05, 3.63) is 12.2 Å². The highest BCUT2D eigenvalue weighted by Gasteiger charge is 2.20. The number of hydrogen-bond donors (Lipinski definition) is 1. The molecule has 0 bridgehead atoms. The maximum atomic E-state index is 11.0. The third kappa shape index (κ3) is 2.08. The standard InChI is InChI=1S/C8H11NO3/c1-12-8(11)6-4-2-3-5-7(10)9-6/h3,5-6H,2,4H2,1H3,(H,9,10). The molecule has 0 spiro atoms. The summed E-state index contributed by atoms with van der Waals surface area (Å²) in [5.41, 5.74) is 0. The highest BCUT2D eigenvalue weighted by atomic mass is 16.5. The number of ether oxygens (including phenoxy) is 1. The number of rotatable bonds is 1. The minimum absolute atomic E-state index is 0.233. The first-order valence-corrected chi connectivity index (χ1v) is 3.79. The van der Waals surface area contributed by atoms with Crippen LogP contribution in [0.2, 0.25) is 0 Å². The Labute approximate surface area is 70.6 Å². The minimum atomic E-state index is -0.488. The van der Waals surface area contributed by atoms with Crippen molar-refractivity contribution in [2.45, 2.75) is 18.9 Å². The van der Waals surface area contributed by atoms with Crippen LogP contribution in [0.4, 0.5) is 0 Å². The topological polar surface area (TPSA) is 55.4 Å². The highest BCUT2D eigenvalue weighted by molar-refractivity contribution is 5.91. The van der Waals surface area contributed by atoms with E-state index in [-0.39, 0.29) is 11.9 Å². The Morgan fingerprint density at radius 3 is 3.17 bits per heavy atom. The van der Waals surface area contributed by atoms with Crippen LogP contribution in [0.25, 0.3) is 0 Å². The summed E-state index contributed by atoms with van der Waals surface area (Å²) in [6.45, 7) is 0. The Balaban J connectivity index is 2.57. The number of nitrogens with one attached hydrogen (secondary N) is 1. The Morgan fingerprint density at radius 1 is 1.75 bits per heavy atom. The van der Waals surface area contributed by atoms with Crippen LogP contribution in [0, 0.1) is 0 Å². The van der Waals surface area contributed by atoms with Gasteiger partial charge in [-0.3, -0.25) is 4.79 Å². The summed E-state index contributed by atoms with van der Waals surface area (Å²) in [6.07, 6.45) is 4.51. The van der Waals surface area contributed by atoms with Crippen LogP contribution in [0.5, 0.6) is 0 Å². The third-order valence-electron chi connectivity index (χ3n) is 1.69. The van der Waals surface area contributed by atoms with Crippen LogP contribution in [0.3, 0.4) is 0 Å². The Morgan fingerprint density at radius 2 is 2.50 bits per heavy atom. The van der Waals surface area contributed by atoms with E-state index in [1.54, 1.807) is 6.08 Å². The zero-order chi connectivity index (χ0) is 8.97. The normalized spacial score (nSPS) is 22.8. The van der Waals surface area contributed by atoms with Crippen molar-refractivity contribution >= 4 is 11.9 Å². The summed E-state index contributed by atoms with van der Waals surface area (Å²) in [6, 6.07) is -0.488. The van der Waals surface area contributed by atoms with Gasteiger partial charge in [-0.05, 0) is 18.9 Å². The van der Waals surface area contributed by atoms with Gasteiger partial charge in [-0.15, -0.1) is 0 Å². The number of carbonyl (C=O) groups excluding carboxylic acids is 2. The summed E-state index contributed by atoms with van der Waals surface area (Å²) in [5, 5.41) is 2.53. The molecule has 0 aromatic heterocycles. The minimum Gasteiger partial charge on any atom is -0.467 e. The molecule has 1 aliphatic rings. The Hall–Kier alpha value is -1.32. The largest absolute Gasteiger partial charge is 0.467 e. The SMILES string of the molecule is COC(=O)C1CCC=CC(=O)N1. The number of amides is 1. The first-order valence-electron chi connectivity index (χ1n) is 3.79. The van der Waals surface area contributed by atoms with Gasteiger partial charge < -0.3 is 10.1 Å². The summed E-state index contributed by atoms with van der Waals surface area (Å²) >= 11 is 0. The maximum absolute atomic E-state index is 11.0. The van der Waals surface area contributed by atoms with E-state index in [0.29, 0.717) is 6.42 Å².